The van der Waals surface area contributed by atoms with E-state index in [1.54, 1.807) is 6.92 Å². The maximum absolute atomic E-state index is 12.1. The van der Waals surface area contributed by atoms with E-state index in [-0.39, 0.29) is 12.5 Å². The molecule has 122 valence electrons. The lowest BCUT2D eigenvalue weighted by molar-refractivity contribution is -0.156. The fourth-order valence-electron chi connectivity index (χ4n) is 2.45. The monoisotopic (exact) mass is 354 g/mol. The zero-order chi connectivity index (χ0) is 16.7. The SMILES string of the molecule is C[C@]1(C(=O)OCC(=O)N2CCC(c3ccccc3)=N2)CC1(Cl)Cl. The zero-order valence-corrected chi connectivity index (χ0v) is 14.1. The first kappa shape index (κ1) is 16.3. The van der Waals surface area contributed by atoms with Gasteiger partial charge in [-0.3, -0.25) is 9.59 Å². The van der Waals surface area contributed by atoms with Crippen molar-refractivity contribution in [2.24, 2.45) is 10.5 Å². The van der Waals surface area contributed by atoms with E-state index in [9.17, 15) is 9.59 Å². The number of benzene rings is 1. The van der Waals surface area contributed by atoms with Crippen LogP contribution >= 0.6 is 23.2 Å². The number of halogens is 2. The summed E-state index contributed by atoms with van der Waals surface area (Å²) in [5, 5.41) is 5.63. The highest BCUT2D eigenvalue weighted by molar-refractivity contribution is 6.53. The van der Waals surface area contributed by atoms with Crippen LogP contribution in [0, 0.1) is 5.41 Å². The molecule has 7 heteroatoms. The van der Waals surface area contributed by atoms with E-state index in [0.29, 0.717) is 19.4 Å². The van der Waals surface area contributed by atoms with Gasteiger partial charge in [-0.05, 0) is 12.5 Å². The number of ether oxygens (including phenoxy) is 1. The Morgan fingerprint density at radius 1 is 1.30 bits per heavy atom. The summed E-state index contributed by atoms with van der Waals surface area (Å²) in [7, 11) is 0. The standard InChI is InChI=1S/C16H16Cl2N2O3/c1-15(10-16(15,17)18)14(22)23-9-13(21)20-8-7-12(19-20)11-5-3-2-4-6-11/h2-6H,7-10H2,1H3/t15-/m1/s1. The minimum absolute atomic E-state index is 0.330. The quantitative estimate of drug-likeness (QED) is 0.616. The molecule has 1 atom stereocenters. The predicted octanol–water partition coefficient (Wildman–Crippen LogP) is 2.75. The second-order valence-electron chi connectivity index (χ2n) is 5.97. The molecule has 0 aromatic heterocycles. The topological polar surface area (TPSA) is 59.0 Å². The van der Waals surface area contributed by atoms with Gasteiger partial charge in [0.15, 0.2) is 6.61 Å². The van der Waals surface area contributed by atoms with Crippen LogP contribution in [0.2, 0.25) is 0 Å². The highest BCUT2D eigenvalue weighted by atomic mass is 35.5. The zero-order valence-electron chi connectivity index (χ0n) is 12.6. The lowest BCUT2D eigenvalue weighted by atomic mass is 10.1. The third kappa shape index (κ3) is 3.08. The number of hydrazone groups is 1. The van der Waals surface area contributed by atoms with Crippen molar-refractivity contribution in [1.29, 1.82) is 0 Å². The fourth-order valence-corrected chi connectivity index (χ4v) is 3.14. The van der Waals surface area contributed by atoms with Crippen LogP contribution in [0.1, 0.15) is 25.3 Å². The molecule has 2 aliphatic rings. The Bertz CT molecular complexity index is 675. The first-order chi connectivity index (χ1) is 10.8. The molecule has 1 aliphatic carbocycles. The van der Waals surface area contributed by atoms with Gasteiger partial charge < -0.3 is 4.74 Å². The van der Waals surface area contributed by atoms with E-state index in [0.717, 1.165) is 11.3 Å². The summed E-state index contributed by atoms with van der Waals surface area (Å²) in [4.78, 5) is 24.1. The average Bonchev–Trinajstić information content (AvgIpc) is 2.92. The first-order valence-corrected chi connectivity index (χ1v) is 8.07. The van der Waals surface area contributed by atoms with Gasteiger partial charge in [-0.25, -0.2) is 5.01 Å². The molecule has 1 saturated carbocycles. The molecule has 3 rings (SSSR count). The highest BCUT2D eigenvalue weighted by Gasteiger charge is 2.69. The molecule has 0 spiro atoms. The van der Waals surface area contributed by atoms with Crippen LogP contribution in [0.5, 0.6) is 0 Å². The Morgan fingerprint density at radius 2 is 1.96 bits per heavy atom. The molecule has 0 N–H and O–H groups in total. The molecule has 1 aliphatic heterocycles. The molecular formula is C16H16Cl2N2O3. The summed E-state index contributed by atoms with van der Waals surface area (Å²) in [6.07, 6.45) is 1.00. The highest BCUT2D eigenvalue weighted by Crippen LogP contribution is 2.64. The van der Waals surface area contributed by atoms with Crippen molar-refractivity contribution in [3.05, 3.63) is 35.9 Å². The minimum atomic E-state index is -1.10. The molecule has 0 saturated heterocycles. The molecule has 1 aromatic carbocycles. The molecule has 0 radical (unpaired) electrons. The Labute approximate surface area is 144 Å². The number of carbonyl (C=O) groups is 2. The van der Waals surface area contributed by atoms with Gasteiger partial charge >= 0.3 is 5.97 Å². The summed E-state index contributed by atoms with van der Waals surface area (Å²) in [6.45, 7) is 1.75. The van der Waals surface area contributed by atoms with Crippen LogP contribution in [-0.2, 0) is 14.3 Å². The fraction of sp³-hybridized carbons (Fsp3) is 0.438. The van der Waals surface area contributed by atoms with Crippen molar-refractivity contribution in [1.82, 2.24) is 5.01 Å². The maximum atomic E-state index is 12.1. The second kappa shape index (κ2) is 5.80. The van der Waals surface area contributed by atoms with Crippen molar-refractivity contribution in [3.8, 4) is 0 Å². The van der Waals surface area contributed by atoms with E-state index in [2.05, 4.69) is 5.10 Å². The number of hydrogen-bond donors (Lipinski definition) is 0. The third-order valence-corrected chi connectivity index (χ3v) is 5.33. The summed E-state index contributed by atoms with van der Waals surface area (Å²) in [6, 6.07) is 9.66. The number of rotatable bonds is 4. The molecule has 23 heavy (non-hydrogen) atoms. The molecule has 1 aromatic rings. The van der Waals surface area contributed by atoms with Gasteiger partial charge in [0.05, 0.1) is 12.3 Å². The normalized spacial score (nSPS) is 25.0. The summed E-state index contributed by atoms with van der Waals surface area (Å²) < 4.78 is 3.95. The van der Waals surface area contributed by atoms with Crippen molar-refractivity contribution in [3.63, 3.8) is 0 Å². The average molecular weight is 355 g/mol. The molecule has 1 heterocycles. The van der Waals surface area contributed by atoms with Crippen LogP contribution in [0.4, 0.5) is 0 Å². The molecule has 1 amide bonds. The number of esters is 1. The molecule has 1 fully saturated rings. The van der Waals surface area contributed by atoms with Crippen LogP contribution in [0.25, 0.3) is 0 Å². The van der Waals surface area contributed by atoms with E-state index in [1.807, 2.05) is 30.3 Å². The summed E-state index contributed by atoms with van der Waals surface area (Å²) in [5.41, 5.74) is 0.902. The second-order valence-corrected chi connectivity index (χ2v) is 7.45. The molecule has 0 unspecified atom stereocenters. The smallest absolute Gasteiger partial charge is 0.315 e. The predicted molar refractivity (Wildman–Crippen MR) is 87.4 cm³/mol. The number of alkyl halides is 2. The van der Waals surface area contributed by atoms with Gasteiger partial charge in [0.25, 0.3) is 5.91 Å². The largest absolute Gasteiger partial charge is 0.455 e. The summed E-state index contributed by atoms with van der Waals surface area (Å²) in [5.74, 6) is -0.911. The molecule has 0 bridgehead atoms. The van der Waals surface area contributed by atoms with Crippen LogP contribution in [0.3, 0.4) is 0 Å². The number of nitrogens with zero attached hydrogens (tertiary/aromatic N) is 2. The van der Waals surface area contributed by atoms with Gasteiger partial charge in [-0.1, -0.05) is 30.3 Å². The van der Waals surface area contributed by atoms with Crippen molar-refractivity contribution >= 4 is 40.8 Å². The lowest BCUT2D eigenvalue weighted by Crippen LogP contribution is -2.31. The van der Waals surface area contributed by atoms with E-state index < -0.39 is 15.7 Å². The number of carbonyl (C=O) groups excluding carboxylic acids is 2. The van der Waals surface area contributed by atoms with Crippen molar-refractivity contribution < 1.29 is 14.3 Å². The van der Waals surface area contributed by atoms with E-state index >= 15 is 0 Å². The minimum Gasteiger partial charge on any atom is -0.455 e. The third-order valence-electron chi connectivity index (χ3n) is 4.23. The van der Waals surface area contributed by atoms with Gasteiger partial charge in [0, 0.05) is 12.8 Å². The van der Waals surface area contributed by atoms with Crippen LogP contribution in [-0.4, -0.2) is 40.1 Å². The van der Waals surface area contributed by atoms with Crippen LogP contribution < -0.4 is 0 Å². The maximum Gasteiger partial charge on any atom is 0.315 e. The number of amides is 1. The number of hydrogen-bond acceptors (Lipinski definition) is 4. The van der Waals surface area contributed by atoms with Gasteiger partial charge in [0.2, 0.25) is 0 Å². The van der Waals surface area contributed by atoms with Gasteiger partial charge in [0.1, 0.15) is 9.75 Å². The molecule has 5 nitrogen and oxygen atoms in total. The van der Waals surface area contributed by atoms with Crippen molar-refractivity contribution in [2.45, 2.75) is 24.1 Å². The van der Waals surface area contributed by atoms with Gasteiger partial charge in [-0.2, -0.15) is 5.10 Å². The van der Waals surface area contributed by atoms with Crippen LogP contribution in [0.15, 0.2) is 35.4 Å². The Balaban J connectivity index is 1.56. The van der Waals surface area contributed by atoms with Crippen molar-refractivity contribution in [2.75, 3.05) is 13.2 Å². The first-order valence-electron chi connectivity index (χ1n) is 7.32. The Hall–Kier alpha value is -1.59. The molecular weight excluding hydrogens is 339 g/mol. The van der Waals surface area contributed by atoms with Gasteiger partial charge in [-0.15, -0.1) is 23.2 Å². The Morgan fingerprint density at radius 3 is 2.57 bits per heavy atom. The summed E-state index contributed by atoms with van der Waals surface area (Å²) >= 11 is 11.8. The van der Waals surface area contributed by atoms with E-state index in [4.69, 9.17) is 27.9 Å². The Kier molecular flexibility index (Phi) is 4.10. The lowest BCUT2D eigenvalue weighted by Gasteiger charge is -2.14. The van der Waals surface area contributed by atoms with E-state index in [1.165, 1.54) is 5.01 Å².